The molecule has 4 aromatic rings. The lowest BCUT2D eigenvalue weighted by molar-refractivity contribution is -0.385. The van der Waals surface area contributed by atoms with Crippen LogP contribution < -0.4 is 0 Å². The third-order valence-electron chi connectivity index (χ3n) is 5.70. The highest BCUT2D eigenvalue weighted by molar-refractivity contribution is 5.94. The van der Waals surface area contributed by atoms with Crippen molar-refractivity contribution in [2.75, 3.05) is 0 Å². The summed E-state index contributed by atoms with van der Waals surface area (Å²) in [7, 11) is 0. The summed E-state index contributed by atoms with van der Waals surface area (Å²) in [5, 5.41) is 22.7. The van der Waals surface area contributed by atoms with E-state index in [9.17, 15) is 20.2 Å². The smallest absolute Gasteiger partial charge is 0.258 e. The van der Waals surface area contributed by atoms with Gasteiger partial charge in [0.1, 0.15) is 0 Å². The van der Waals surface area contributed by atoms with Gasteiger partial charge in [0.2, 0.25) is 0 Å². The van der Waals surface area contributed by atoms with Crippen molar-refractivity contribution >= 4 is 11.4 Å². The molecule has 1 aliphatic carbocycles. The molecular weight excluding hydrogens is 392 g/mol. The maximum atomic E-state index is 11.4. The Bertz CT molecular complexity index is 1380. The Morgan fingerprint density at radius 2 is 1.23 bits per heavy atom. The molecule has 0 radical (unpaired) electrons. The largest absolute Gasteiger partial charge is 0.270 e. The van der Waals surface area contributed by atoms with Crippen molar-refractivity contribution in [2.45, 2.75) is 6.42 Å². The van der Waals surface area contributed by atoms with Crippen molar-refractivity contribution in [3.8, 4) is 33.4 Å². The van der Waals surface area contributed by atoms with Gasteiger partial charge < -0.3 is 0 Å². The van der Waals surface area contributed by atoms with Gasteiger partial charge in [-0.05, 0) is 50.9 Å². The van der Waals surface area contributed by atoms with Crippen molar-refractivity contribution in [1.82, 2.24) is 0 Å². The Kier molecular flexibility index (Phi) is 4.33. The Morgan fingerprint density at radius 1 is 0.613 bits per heavy atom. The standard InChI is InChI=1S/C25H16N2O4/c28-26(29)19-8-3-6-16(13-19)22-11-12-23-21-10-2-1-5-17(21)15-24(23)25(22)18-7-4-9-20(14-18)27(30)31/h1-14H,15H2. The third kappa shape index (κ3) is 3.14. The molecule has 0 saturated carbocycles. The Morgan fingerprint density at radius 3 is 1.94 bits per heavy atom. The van der Waals surface area contributed by atoms with Crippen LogP contribution in [0.5, 0.6) is 0 Å². The average Bonchev–Trinajstić information content (AvgIpc) is 3.17. The van der Waals surface area contributed by atoms with E-state index >= 15 is 0 Å². The van der Waals surface area contributed by atoms with Crippen LogP contribution in [0.2, 0.25) is 0 Å². The van der Waals surface area contributed by atoms with Gasteiger partial charge in [-0.2, -0.15) is 0 Å². The molecule has 0 aliphatic heterocycles. The van der Waals surface area contributed by atoms with Crippen LogP contribution >= 0.6 is 0 Å². The number of rotatable bonds is 4. The van der Waals surface area contributed by atoms with Crippen LogP contribution in [0.4, 0.5) is 11.4 Å². The minimum Gasteiger partial charge on any atom is -0.258 e. The van der Waals surface area contributed by atoms with Gasteiger partial charge in [-0.1, -0.05) is 60.7 Å². The number of benzene rings is 4. The summed E-state index contributed by atoms with van der Waals surface area (Å²) in [6, 6.07) is 25.2. The van der Waals surface area contributed by atoms with Crippen molar-refractivity contribution in [2.24, 2.45) is 0 Å². The van der Waals surface area contributed by atoms with Crippen molar-refractivity contribution in [1.29, 1.82) is 0 Å². The summed E-state index contributed by atoms with van der Waals surface area (Å²) in [5.41, 5.74) is 7.64. The zero-order chi connectivity index (χ0) is 21.5. The fraction of sp³-hybridized carbons (Fsp3) is 0.0400. The molecular formula is C25H16N2O4. The molecule has 6 heteroatoms. The van der Waals surface area contributed by atoms with Crippen molar-refractivity contribution < 1.29 is 9.85 Å². The van der Waals surface area contributed by atoms with Gasteiger partial charge in [-0.15, -0.1) is 0 Å². The third-order valence-corrected chi connectivity index (χ3v) is 5.70. The van der Waals surface area contributed by atoms with E-state index in [1.54, 1.807) is 24.3 Å². The highest BCUT2D eigenvalue weighted by Crippen LogP contribution is 2.46. The molecule has 0 heterocycles. The van der Waals surface area contributed by atoms with Gasteiger partial charge in [0.15, 0.2) is 0 Å². The molecule has 0 bridgehead atoms. The predicted molar refractivity (Wildman–Crippen MR) is 119 cm³/mol. The molecule has 6 nitrogen and oxygen atoms in total. The molecule has 0 fully saturated rings. The number of nitrogens with zero attached hydrogens (tertiary/aromatic N) is 2. The maximum Gasteiger partial charge on any atom is 0.270 e. The lowest BCUT2D eigenvalue weighted by Crippen LogP contribution is -1.95. The Labute approximate surface area is 177 Å². The number of hydrogen-bond acceptors (Lipinski definition) is 4. The number of fused-ring (bicyclic) bond motifs is 3. The van der Waals surface area contributed by atoms with Gasteiger partial charge in [0, 0.05) is 24.3 Å². The molecule has 150 valence electrons. The first-order valence-electron chi connectivity index (χ1n) is 9.77. The van der Waals surface area contributed by atoms with Crippen LogP contribution in [-0.2, 0) is 6.42 Å². The van der Waals surface area contributed by atoms with Crippen molar-refractivity contribution in [3.05, 3.63) is 116 Å². The summed E-state index contributed by atoms with van der Waals surface area (Å²) in [6.07, 6.45) is 0.701. The fourth-order valence-electron chi connectivity index (χ4n) is 4.34. The number of non-ortho nitro benzene ring substituents is 2. The second-order valence-electron chi connectivity index (χ2n) is 7.46. The average molecular weight is 408 g/mol. The summed E-state index contributed by atoms with van der Waals surface area (Å²) < 4.78 is 0. The lowest BCUT2D eigenvalue weighted by Gasteiger charge is -2.16. The first kappa shape index (κ1) is 18.7. The van der Waals surface area contributed by atoms with Crippen molar-refractivity contribution in [3.63, 3.8) is 0 Å². The van der Waals surface area contributed by atoms with Gasteiger partial charge in [0.25, 0.3) is 11.4 Å². The van der Waals surface area contributed by atoms with Gasteiger partial charge >= 0.3 is 0 Å². The summed E-state index contributed by atoms with van der Waals surface area (Å²) in [4.78, 5) is 21.9. The molecule has 0 aromatic heterocycles. The zero-order valence-corrected chi connectivity index (χ0v) is 16.3. The predicted octanol–water partition coefficient (Wildman–Crippen LogP) is 6.41. The highest BCUT2D eigenvalue weighted by atomic mass is 16.6. The molecule has 0 N–H and O–H groups in total. The minimum atomic E-state index is -0.417. The molecule has 4 aromatic carbocycles. The molecule has 0 saturated heterocycles. The van der Waals surface area contributed by atoms with E-state index in [1.807, 2.05) is 36.4 Å². The Hall–Kier alpha value is -4.32. The monoisotopic (exact) mass is 408 g/mol. The van der Waals surface area contributed by atoms with E-state index in [2.05, 4.69) is 12.1 Å². The molecule has 5 rings (SSSR count). The molecule has 0 amide bonds. The summed E-state index contributed by atoms with van der Waals surface area (Å²) >= 11 is 0. The molecule has 1 aliphatic rings. The normalized spacial score (nSPS) is 11.6. The molecule has 0 atom stereocenters. The topological polar surface area (TPSA) is 86.3 Å². The van der Waals surface area contributed by atoms with Gasteiger partial charge in [-0.25, -0.2) is 0 Å². The summed E-state index contributed by atoms with van der Waals surface area (Å²) in [6.45, 7) is 0. The SMILES string of the molecule is O=[N+]([O-])c1cccc(-c2ccc3c(c2-c2cccc([N+](=O)[O-])c2)Cc2ccccc2-3)c1. The van der Waals surface area contributed by atoms with Crippen LogP contribution in [0.25, 0.3) is 33.4 Å². The van der Waals surface area contributed by atoms with Crippen LogP contribution in [0.15, 0.2) is 84.9 Å². The summed E-state index contributed by atoms with van der Waals surface area (Å²) in [5.74, 6) is 0. The van der Waals surface area contributed by atoms with E-state index < -0.39 is 9.85 Å². The second-order valence-corrected chi connectivity index (χ2v) is 7.46. The molecule has 0 unspecified atom stereocenters. The lowest BCUT2D eigenvalue weighted by atomic mass is 9.87. The highest BCUT2D eigenvalue weighted by Gasteiger charge is 2.25. The van der Waals surface area contributed by atoms with E-state index in [0.29, 0.717) is 12.0 Å². The van der Waals surface area contributed by atoms with Gasteiger partial charge in [0.05, 0.1) is 9.85 Å². The van der Waals surface area contributed by atoms with E-state index in [4.69, 9.17) is 0 Å². The van der Waals surface area contributed by atoms with Crippen LogP contribution in [0, 0.1) is 20.2 Å². The molecule has 31 heavy (non-hydrogen) atoms. The van der Waals surface area contributed by atoms with Crippen LogP contribution in [0.3, 0.4) is 0 Å². The quantitative estimate of drug-likeness (QED) is 0.254. The van der Waals surface area contributed by atoms with E-state index in [1.165, 1.54) is 17.7 Å². The second kappa shape index (κ2) is 7.18. The van der Waals surface area contributed by atoms with E-state index in [0.717, 1.165) is 33.4 Å². The van der Waals surface area contributed by atoms with Crippen LogP contribution in [0.1, 0.15) is 11.1 Å². The van der Waals surface area contributed by atoms with E-state index in [-0.39, 0.29) is 11.4 Å². The number of nitro groups is 2. The van der Waals surface area contributed by atoms with Gasteiger partial charge in [-0.3, -0.25) is 20.2 Å². The minimum absolute atomic E-state index is 0.00581. The zero-order valence-electron chi connectivity index (χ0n) is 16.3. The fourth-order valence-corrected chi connectivity index (χ4v) is 4.34. The Balaban J connectivity index is 1.80. The number of hydrogen-bond donors (Lipinski definition) is 0. The first-order chi connectivity index (χ1) is 15.0. The number of nitro benzene ring substituents is 2. The van der Waals surface area contributed by atoms with Crippen LogP contribution in [-0.4, -0.2) is 9.85 Å². The maximum absolute atomic E-state index is 11.4. The molecule has 0 spiro atoms. The first-order valence-corrected chi connectivity index (χ1v) is 9.77.